The minimum absolute atomic E-state index is 0. The third-order valence-electron chi connectivity index (χ3n) is 6.83. The number of carbonyl (C=O) groups is 1. The quantitative estimate of drug-likeness (QED) is 0.807. The van der Waals surface area contributed by atoms with Gasteiger partial charge >= 0.3 is 0 Å². The van der Waals surface area contributed by atoms with E-state index in [2.05, 4.69) is 24.1 Å². The van der Waals surface area contributed by atoms with Gasteiger partial charge < -0.3 is 10.2 Å². The summed E-state index contributed by atoms with van der Waals surface area (Å²) >= 11 is 0. The first-order chi connectivity index (χ1) is 9.63. The van der Waals surface area contributed by atoms with Gasteiger partial charge in [0.25, 0.3) is 0 Å². The summed E-state index contributed by atoms with van der Waals surface area (Å²) in [4.78, 5) is 15.3. The average molecular weight is 313 g/mol. The molecule has 1 aliphatic heterocycles. The summed E-state index contributed by atoms with van der Waals surface area (Å²) in [5.41, 5.74) is 0. The average Bonchev–Trinajstić information content (AvgIpc) is 2.40. The lowest BCUT2D eigenvalue weighted by molar-refractivity contribution is -0.152. The van der Waals surface area contributed by atoms with Crippen molar-refractivity contribution < 1.29 is 4.79 Å². The van der Waals surface area contributed by atoms with Crippen LogP contribution in [0.2, 0.25) is 0 Å². The number of nitrogens with zero attached hydrogens (tertiary/aromatic N) is 1. The summed E-state index contributed by atoms with van der Waals surface area (Å²) in [5, 5.41) is 3.49. The maximum Gasteiger partial charge on any atom is 0.226 e. The first-order valence-corrected chi connectivity index (χ1v) is 8.67. The Labute approximate surface area is 134 Å². The molecule has 4 bridgehead atoms. The van der Waals surface area contributed by atoms with Crippen LogP contribution < -0.4 is 5.32 Å². The van der Waals surface area contributed by atoms with Crippen LogP contribution >= 0.6 is 12.4 Å². The highest BCUT2D eigenvalue weighted by Gasteiger charge is 2.52. The van der Waals surface area contributed by atoms with E-state index in [0.717, 1.165) is 36.8 Å². The summed E-state index contributed by atoms with van der Waals surface area (Å²) in [6.07, 6.45) is 6.85. The number of hydrogen-bond acceptors (Lipinski definition) is 2. The van der Waals surface area contributed by atoms with Gasteiger partial charge in [-0.05, 0) is 69.6 Å². The van der Waals surface area contributed by atoms with Gasteiger partial charge in [-0.1, -0.05) is 0 Å². The molecule has 4 aliphatic carbocycles. The van der Waals surface area contributed by atoms with Crippen molar-refractivity contribution in [3.05, 3.63) is 0 Å². The van der Waals surface area contributed by atoms with E-state index in [1.54, 1.807) is 0 Å². The smallest absolute Gasteiger partial charge is 0.226 e. The predicted molar refractivity (Wildman–Crippen MR) is 86.4 cm³/mol. The molecular weight excluding hydrogens is 284 g/mol. The van der Waals surface area contributed by atoms with E-state index in [1.165, 1.54) is 32.1 Å². The van der Waals surface area contributed by atoms with Crippen molar-refractivity contribution in [3.8, 4) is 0 Å². The molecule has 4 heteroatoms. The van der Waals surface area contributed by atoms with Crippen LogP contribution in [0.1, 0.15) is 46.0 Å². The zero-order chi connectivity index (χ0) is 13.9. The molecule has 0 radical (unpaired) electrons. The topological polar surface area (TPSA) is 32.3 Å². The molecule has 5 fully saturated rings. The number of halogens is 1. The summed E-state index contributed by atoms with van der Waals surface area (Å²) in [7, 11) is 0. The minimum atomic E-state index is 0. The number of rotatable bonds is 1. The molecule has 0 aromatic heterocycles. The molecule has 0 spiro atoms. The van der Waals surface area contributed by atoms with Crippen LogP contribution in [0.25, 0.3) is 0 Å². The van der Waals surface area contributed by atoms with Crippen LogP contribution in [0.15, 0.2) is 0 Å². The Bertz CT molecular complexity index is 386. The molecule has 5 aliphatic rings. The lowest BCUT2D eigenvalue weighted by Crippen LogP contribution is -2.61. The number of piperazine rings is 1. The SMILES string of the molecule is CC1NCCN(C(=O)C2C3CC4CC(C3)CC2C4)C1C.Cl. The zero-order valence-electron chi connectivity index (χ0n) is 13.3. The van der Waals surface area contributed by atoms with Crippen molar-refractivity contribution >= 4 is 18.3 Å². The normalized spacial score (nSPS) is 48.1. The van der Waals surface area contributed by atoms with E-state index in [9.17, 15) is 4.79 Å². The third kappa shape index (κ3) is 2.50. The van der Waals surface area contributed by atoms with E-state index < -0.39 is 0 Å². The second kappa shape index (κ2) is 5.73. The van der Waals surface area contributed by atoms with Gasteiger partial charge in [0.2, 0.25) is 5.91 Å². The van der Waals surface area contributed by atoms with Crippen LogP contribution in [-0.2, 0) is 4.79 Å². The molecule has 120 valence electrons. The number of hydrogen-bond donors (Lipinski definition) is 1. The standard InChI is InChI=1S/C17H28N2O.ClH/c1-10-11(2)19(4-3-18-10)17(20)16-14-6-12-5-13(8-14)9-15(16)7-12;/h10-16,18H,3-9H2,1-2H3;1H. The highest BCUT2D eigenvalue weighted by molar-refractivity contribution is 5.85. The van der Waals surface area contributed by atoms with E-state index in [4.69, 9.17) is 0 Å². The summed E-state index contributed by atoms with van der Waals surface area (Å²) < 4.78 is 0. The number of amides is 1. The number of carbonyl (C=O) groups excluding carboxylic acids is 1. The second-order valence-electron chi connectivity index (χ2n) is 7.97. The van der Waals surface area contributed by atoms with E-state index in [1.807, 2.05) is 0 Å². The van der Waals surface area contributed by atoms with Crippen molar-refractivity contribution in [2.24, 2.45) is 29.6 Å². The Hall–Kier alpha value is -0.280. The predicted octanol–water partition coefficient (Wildman–Crippen LogP) is 2.69. The molecule has 0 aromatic rings. The van der Waals surface area contributed by atoms with Crippen molar-refractivity contribution in [1.82, 2.24) is 10.2 Å². The van der Waals surface area contributed by atoms with Gasteiger partial charge in [0.1, 0.15) is 0 Å². The molecular formula is C17H29ClN2O. The Morgan fingerprint density at radius 2 is 1.57 bits per heavy atom. The molecule has 3 nitrogen and oxygen atoms in total. The number of nitrogens with one attached hydrogen (secondary N) is 1. The van der Waals surface area contributed by atoms with Crippen LogP contribution in [0, 0.1) is 29.6 Å². The van der Waals surface area contributed by atoms with Crippen LogP contribution in [-0.4, -0.2) is 36.0 Å². The molecule has 21 heavy (non-hydrogen) atoms. The molecule has 2 unspecified atom stereocenters. The van der Waals surface area contributed by atoms with Crippen LogP contribution in [0.3, 0.4) is 0 Å². The molecule has 0 aromatic carbocycles. The lowest BCUT2D eigenvalue weighted by Gasteiger charge is -2.55. The molecule has 1 heterocycles. The molecule has 1 N–H and O–H groups in total. The van der Waals surface area contributed by atoms with Crippen LogP contribution in [0.4, 0.5) is 0 Å². The van der Waals surface area contributed by atoms with Crippen molar-refractivity contribution in [2.75, 3.05) is 13.1 Å². The fourth-order valence-electron chi connectivity index (χ4n) is 5.89. The summed E-state index contributed by atoms with van der Waals surface area (Å²) in [5.74, 6) is 4.23. The van der Waals surface area contributed by atoms with Gasteiger partial charge in [-0.3, -0.25) is 4.79 Å². The lowest BCUT2D eigenvalue weighted by atomic mass is 9.51. The summed E-state index contributed by atoms with van der Waals surface area (Å²) in [6, 6.07) is 0.790. The van der Waals surface area contributed by atoms with Gasteiger partial charge in [0.15, 0.2) is 0 Å². The first kappa shape index (κ1) is 15.6. The Morgan fingerprint density at radius 1 is 1.00 bits per heavy atom. The Kier molecular flexibility index (Phi) is 4.26. The zero-order valence-corrected chi connectivity index (χ0v) is 14.1. The van der Waals surface area contributed by atoms with Gasteiger partial charge in [-0.2, -0.15) is 0 Å². The van der Waals surface area contributed by atoms with Gasteiger partial charge in [-0.25, -0.2) is 0 Å². The second-order valence-corrected chi connectivity index (χ2v) is 7.97. The maximum absolute atomic E-state index is 13.1. The maximum atomic E-state index is 13.1. The molecule has 1 saturated heterocycles. The first-order valence-electron chi connectivity index (χ1n) is 8.67. The van der Waals surface area contributed by atoms with E-state index in [0.29, 0.717) is 23.9 Å². The largest absolute Gasteiger partial charge is 0.337 e. The van der Waals surface area contributed by atoms with Gasteiger partial charge in [0.05, 0.1) is 0 Å². The monoisotopic (exact) mass is 312 g/mol. The summed E-state index contributed by atoms with van der Waals surface area (Å²) in [6.45, 7) is 6.30. The molecule has 5 rings (SSSR count). The van der Waals surface area contributed by atoms with Crippen molar-refractivity contribution in [2.45, 2.75) is 58.0 Å². The molecule has 1 amide bonds. The highest BCUT2D eigenvalue weighted by Crippen LogP contribution is 2.56. The van der Waals surface area contributed by atoms with Crippen molar-refractivity contribution in [1.29, 1.82) is 0 Å². The highest BCUT2D eigenvalue weighted by atomic mass is 35.5. The van der Waals surface area contributed by atoms with Crippen LogP contribution in [0.5, 0.6) is 0 Å². The fourth-order valence-corrected chi connectivity index (χ4v) is 5.89. The Balaban J connectivity index is 0.00000132. The van der Waals surface area contributed by atoms with E-state index >= 15 is 0 Å². The van der Waals surface area contributed by atoms with Crippen molar-refractivity contribution in [3.63, 3.8) is 0 Å². The minimum Gasteiger partial charge on any atom is -0.337 e. The fraction of sp³-hybridized carbons (Fsp3) is 0.941. The Morgan fingerprint density at radius 3 is 2.14 bits per heavy atom. The molecule has 4 saturated carbocycles. The van der Waals surface area contributed by atoms with E-state index in [-0.39, 0.29) is 12.4 Å². The van der Waals surface area contributed by atoms with Gasteiger partial charge in [-0.15, -0.1) is 12.4 Å². The molecule has 2 atom stereocenters. The van der Waals surface area contributed by atoms with Gasteiger partial charge in [0, 0.05) is 31.1 Å². The third-order valence-corrected chi connectivity index (χ3v) is 6.83.